The molecule has 0 radical (unpaired) electrons. The first kappa shape index (κ1) is 15.5. The Hall–Kier alpha value is -1.89. The second kappa shape index (κ2) is 6.71. The van der Waals surface area contributed by atoms with E-state index in [2.05, 4.69) is 22.4 Å². The lowest BCUT2D eigenvalue weighted by Crippen LogP contribution is -2.13. The predicted molar refractivity (Wildman–Crippen MR) is 70.5 cm³/mol. The third-order valence-electron chi connectivity index (χ3n) is 2.85. The van der Waals surface area contributed by atoms with Gasteiger partial charge in [0.2, 0.25) is 11.8 Å². The minimum Gasteiger partial charge on any atom is -0.424 e. The lowest BCUT2D eigenvalue weighted by atomic mass is 10.1. The number of halogens is 3. The Morgan fingerprint density at radius 3 is 2.38 bits per heavy atom. The molecule has 1 N–H and O–H groups in total. The topological polar surface area (TPSA) is 51.0 Å². The van der Waals surface area contributed by atoms with Crippen molar-refractivity contribution in [3.05, 3.63) is 47.2 Å². The Balaban J connectivity index is 1.95. The van der Waals surface area contributed by atoms with Gasteiger partial charge in [-0.1, -0.05) is 19.1 Å². The first-order valence-corrected chi connectivity index (χ1v) is 6.67. The van der Waals surface area contributed by atoms with Gasteiger partial charge in [-0.05, 0) is 30.7 Å². The Labute approximate surface area is 120 Å². The van der Waals surface area contributed by atoms with Crippen LogP contribution in [0.2, 0.25) is 0 Å². The highest BCUT2D eigenvalue weighted by atomic mass is 19.4. The molecule has 0 saturated carbocycles. The maximum atomic E-state index is 12.4. The van der Waals surface area contributed by atoms with Crippen molar-refractivity contribution in [2.75, 3.05) is 6.54 Å². The van der Waals surface area contributed by atoms with Crippen molar-refractivity contribution in [2.24, 2.45) is 0 Å². The number of aromatic nitrogens is 2. The van der Waals surface area contributed by atoms with E-state index in [9.17, 15) is 13.2 Å². The fourth-order valence-corrected chi connectivity index (χ4v) is 1.79. The van der Waals surface area contributed by atoms with Gasteiger partial charge in [0, 0.05) is 0 Å². The molecular formula is C14H16F3N3O. The molecule has 2 rings (SSSR count). The van der Waals surface area contributed by atoms with Gasteiger partial charge in [-0.2, -0.15) is 13.2 Å². The van der Waals surface area contributed by atoms with E-state index in [0.717, 1.165) is 25.1 Å². The van der Waals surface area contributed by atoms with Crippen LogP contribution < -0.4 is 5.32 Å². The van der Waals surface area contributed by atoms with E-state index in [1.54, 1.807) is 0 Å². The molecule has 1 aromatic carbocycles. The summed E-state index contributed by atoms with van der Waals surface area (Å²) in [6, 6.07) is 4.94. The van der Waals surface area contributed by atoms with Crippen LogP contribution in [0.4, 0.5) is 13.2 Å². The maximum absolute atomic E-state index is 12.4. The van der Waals surface area contributed by atoms with Gasteiger partial charge < -0.3 is 9.73 Å². The van der Waals surface area contributed by atoms with Crippen LogP contribution in [0.15, 0.2) is 28.7 Å². The smallest absolute Gasteiger partial charge is 0.416 e. The molecule has 2 aromatic rings. The number of hydrogen-bond acceptors (Lipinski definition) is 4. The highest BCUT2D eigenvalue weighted by Crippen LogP contribution is 2.29. The van der Waals surface area contributed by atoms with E-state index < -0.39 is 11.7 Å². The number of nitrogens with zero attached hydrogens (tertiary/aromatic N) is 2. The third kappa shape index (κ3) is 4.56. The summed E-state index contributed by atoms with van der Waals surface area (Å²) in [6.07, 6.45) is -2.99. The molecule has 0 fully saturated rings. The van der Waals surface area contributed by atoms with Crippen molar-refractivity contribution in [2.45, 2.75) is 32.5 Å². The fourth-order valence-electron chi connectivity index (χ4n) is 1.79. The summed E-state index contributed by atoms with van der Waals surface area (Å²) in [4.78, 5) is 0. The van der Waals surface area contributed by atoms with E-state index in [1.165, 1.54) is 12.1 Å². The highest BCUT2D eigenvalue weighted by Gasteiger charge is 2.29. The first-order chi connectivity index (χ1) is 9.99. The predicted octanol–water partition coefficient (Wildman–Crippen LogP) is 3.18. The minimum absolute atomic E-state index is 0.318. The van der Waals surface area contributed by atoms with Crippen molar-refractivity contribution in [3.63, 3.8) is 0 Å². The Kier molecular flexibility index (Phi) is 4.95. The second-order valence-corrected chi connectivity index (χ2v) is 4.64. The highest BCUT2D eigenvalue weighted by molar-refractivity contribution is 5.26. The molecule has 0 amide bonds. The second-order valence-electron chi connectivity index (χ2n) is 4.64. The number of benzene rings is 1. The Bertz CT molecular complexity index is 564. The number of rotatable bonds is 6. The average molecular weight is 299 g/mol. The van der Waals surface area contributed by atoms with E-state index in [-0.39, 0.29) is 0 Å². The molecule has 21 heavy (non-hydrogen) atoms. The molecule has 0 aliphatic heterocycles. The van der Waals surface area contributed by atoms with Gasteiger partial charge in [-0.3, -0.25) is 0 Å². The summed E-state index contributed by atoms with van der Waals surface area (Å²) in [7, 11) is 0. The zero-order chi connectivity index (χ0) is 15.3. The van der Waals surface area contributed by atoms with Gasteiger partial charge in [-0.25, -0.2) is 0 Å². The number of alkyl halides is 3. The van der Waals surface area contributed by atoms with Crippen LogP contribution >= 0.6 is 0 Å². The van der Waals surface area contributed by atoms with Crippen molar-refractivity contribution < 1.29 is 17.6 Å². The van der Waals surface area contributed by atoms with Crippen LogP contribution in [0.5, 0.6) is 0 Å². The average Bonchev–Trinajstić information content (AvgIpc) is 2.86. The zero-order valence-corrected chi connectivity index (χ0v) is 11.6. The van der Waals surface area contributed by atoms with E-state index in [1.807, 2.05) is 0 Å². The molecule has 0 unspecified atom stereocenters. The molecule has 0 bridgehead atoms. The Morgan fingerprint density at radius 1 is 1.10 bits per heavy atom. The normalized spacial score (nSPS) is 11.8. The summed E-state index contributed by atoms with van der Waals surface area (Å²) in [5.41, 5.74) is 0.0287. The van der Waals surface area contributed by atoms with Crippen LogP contribution in [-0.4, -0.2) is 16.7 Å². The van der Waals surface area contributed by atoms with E-state index >= 15 is 0 Å². The SMILES string of the molecule is CCCNCc1nnc(Cc2ccc(C(F)(F)F)cc2)o1. The lowest BCUT2D eigenvalue weighted by molar-refractivity contribution is -0.137. The molecule has 0 atom stereocenters. The van der Waals surface area contributed by atoms with Crippen LogP contribution in [0.25, 0.3) is 0 Å². The monoisotopic (exact) mass is 299 g/mol. The van der Waals surface area contributed by atoms with Crippen molar-refractivity contribution in [3.8, 4) is 0 Å². The molecule has 0 spiro atoms. The molecule has 1 aromatic heterocycles. The first-order valence-electron chi connectivity index (χ1n) is 6.67. The zero-order valence-electron chi connectivity index (χ0n) is 11.6. The van der Waals surface area contributed by atoms with Gasteiger partial charge in [0.15, 0.2) is 0 Å². The molecule has 1 heterocycles. The van der Waals surface area contributed by atoms with Gasteiger partial charge in [0.05, 0.1) is 18.5 Å². The maximum Gasteiger partial charge on any atom is 0.416 e. The molecule has 4 nitrogen and oxygen atoms in total. The number of nitrogens with one attached hydrogen (secondary N) is 1. The summed E-state index contributed by atoms with van der Waals surface area (Å²) >= 11 is 0. The van der Waals surface area contributed by atoms with Crippen LogP contribution in [-0.2, 0) is 19.1 Å². The van der Waals surface area contributed by atoms with Crippen molar-refractivity contribution in [1.29, 1.82) is 0 Å². The van der Waals surface area contributed by atoms with Gasteiger partial charge in [0.1, 0.15) is 0 Å². The van der Waals surface area contributed by atoms with Crippen molar-refractivity contribution in [1.82, 2.24) is 15.5 Å². The van der Waals surface area contributed by atoms with Gasteiger partial charge in [0.25, 0.3) is 0 Å². The third-order valence-corrected chi connectivity index (χ3v) is 2.85. The quantitative estimate of drug-likeness (QED) is 0.832. The molecular weight excluding hydrogens is 283 g/mol. The standard InChI is InChI=1S/C14H16F3N3O/c1-2-7-18-9-13-20-19-12(21-13)8-10-3-5-11(6-4-10)14(15,16)17/h3-6,18H,2,7-9H2,1H3. The largest absolute Gasteiger partial charge is 0.424 e. The molecule has 0 saturated heterocycles. The van der Waals surface area contributed by atoms with E-state index in [4.69, 9.17) is 4.42 Å². The molecule has 0 aliphatic rings. The van der Waals surface area contributed by atoms with Gasteiger partial charge >= 0.3 is 6.18 Å². The van der Waals surface area contributed by atoms with Crippen LogP contribution in [0, 0.1) is 0 Å². The van der Waals surface area contributed by atoms with Crippen LogP contribution in [0.3, 0.4) is 0 Å². The lowest BCUT2D eigenvalue weighted by Gasteiger charge is -2.06. The minimum atomic E-state index is -4.32. The summed E-state index contributed by atoms with van der Waals surface area (Å²) < 4.78 is 42.8. The Morgan fingerprint density at radius 2 is 1.76 bits per heavy atom. The van der Waals surface area contributed by atoms with Crippen LogP contribution in [0.1, 0.15) is 36.3 Å². The summed E-state index contributed by atoms with van der Waals surface area (Å²) in [5.74, 6) is 0.869. The summed E-state index contributed by atoms with van der Waals surface area (Å²) in [5, 5.41) is 10.9. The van der Waals surface area contributed by atoms with E-state index in [0.29, 0.717) is 30.3 Å². The molecule has 114 valence electrons. The molecule has 0 aliphatic carbocycles. The fraction of sp³-hybridized carbons (Fsp3) is 0.429. The van der Waals surface area contributed by atoms with Gasteiger partial charge in [-0.15, -0.1) is 10.2 Å². The van der Waals surface area contributed by atoms with Crippen molar-refractivity contribution >= 4 is 0 Å². The number of hydrogen-bond donors (Lipinski definition) is 1. The molecule has 7 heteroatoms. The summed E-state index contributed by atoms with van der Waals surface area (Å²) in [6.45, 7) is 3.40.